The Morgan fingerprint density at radius 3 is 2.40 bits per heavy atom. The molecule has 1 aromatic carbocycles. The summed E-state index contributed by atoms with van der Waals surface area (Å²) >= 11 is 0. The summed E-state index contributed by atoms with van der Waals surface area (Å²) < 4.78 is 5.42. The van der Waals surface area contributed by atoms with Gasteiger partial charge in [0.15, 0.2) is 0 Å². The van der Waals surface area contributed by atoms with Crippen molar-refractivity contribution in [3.8, 4) is 0 Å². The zero-order valence-corrected chi connectivity index (χ0v) is 11.4. The Morgan fingerprint density at radius 2 is 1.85 bits per heavy atom. The molecular weight excluding hydrogens is 258 g/mol. The second-order valence-corrected chi connectivity index (χ2v) is 4.73. The maximum atomic E-state index is 11.7. The Hall–Kier alpha value is -2.08. The molecule has 1 saturated heterocycles. The van der Waals surface area contributed by atoms with Crippen molar-refractivity contribution in [2.75, 3.05) is 23.8 Å². The number of hydrogen-bond acceptors (Lipinski definition) is 3. The van der Waals surface area contributed by atoms with Gasteiger partial charge >= 0.3 is 6.03 Å². The fourth-order valence-corrected chi connectivity index (χ4v) is 2.03. The molecule has 1 heterocycles. The van der Waals surface area contributed by atoms with Crippen molar-refractivity contribution in [2.45, 2.75) is 25.9 Å². The molecule has 6 heteroatoms. The van der Waals surface area contributed by atoms with Crippen LogP contribution in [0.4, 0.5) is 16.2 Å². The molecule has 0 aliphatic carbocycles. The number of amides is 3. The fraction of sp³-hybridized carbons (Fsp3) is 0.429. The molecule has 20 heavy (non-hydrogen) atoms. The van der Waals surface area contributed by atoms with Gasteiger partial charge in [0.1, 0.15) is 0 Å². The summed E-state index contributed by atoms with van der Waals surface area (Å²) in [6, 6.07) is 6.68. The fourth-order valence-electron chi connectivity index (χ4n) is 2.03. The summed E-state index contributed by atoms with van der Waals surface area (Å²) in [5.74, 6) is -0.125. The van der Waals surface area contributed by atoms with Crippen molar-refractivity contribution in [3.63, 3.8) is 0 Å². The highest BCUT2D eigenvalue weighted by Gasteiger charge is 2.15. The maximum absolute atomic E-state index is 11.7. The van der Waals surface area contributed by atoms with Crippen molar-refractivity contribution in [3.05, 3.63) is 24.3 Å². The second-order valence-electron chi connectivity index (χ2n) is 4.73. The highest BCUT2D eigenvalue weighted by Crippen LogP contribution is 2.14. The molecule has 1 aromatic rings. The van der Waals surface area contributed by atoms with Gasteiger partial charge in [-0.1, -0.05) is 0 Å². The molecule has 1 fully saturated rings. The third kappa shape index (κ3) is 4.55. The van der Waals surface area contributed by atoms with E-state index >= 15 is 0 Å². The van der Waals surface area contributed by atoms with E-state index in [4.69, 9.17) is 4.74 Å². The van der Waals surface area contributed by atoms with E-state index in [1.807, 2.05) is 0 Å². The number of hydrogen-bond donors (Lipinski definition) is 3. The lowest BCUT2D eigenvalue weighted by atomic mass is 10.2. The molecule has 3 amide bonds. The highest BCUT2D eigenvalue weighted by molar-refractivity contribution is 5.91. The molecule has 0 radical (unpaired) electrons. The molecule has 0 aromatic heterocycles. The predicted molar refractivity (Wildman–Crippen MR) is 76.7 cm³/mol. The van der Waals surface area contributed by atoms with Crippen LogP contribution in [0.5, 0.6) is 0 Å². The molecule has 108 valence electrons. The van der Waals surface area contributed by atoms with Crippen LogP contribution in [0.2, 0.25) is 0 Å². The first-order valence-electron chi connectivity index (χ1n) is 6.67. The van der Waals surface area contributed by atoms with Gasteiger partial charge in [0, 0.05) is 31.5 Å². The normalized spacial score (nSPS) is 17.6. The monoisotopic (exact) mass is 277 g/mol. The smallest absolute Gasteiger partial charge is 0.319 e. The van der Waals surface area contributed by atoms with E-state index in [9.17, 15) is 9.59 Å². The molecule has 1 aliphatic heterocycles. The number of carbonyl (C=O) groups excluding carboxylic acids is 2. The standard InChI is InChI=1S/C14H19N3O3/c1-10(18)16-11-4-6-12(7-5-11)17-14(19)15-9-13-3-2-8-20-13/h4-7,13H,2-3,8-9H2,1H3,(H,16,18)(H2,15,17,19). The molecule has 0 spiro atoms. The van der Waals surface area contributed by atoms with Crippen molar-refractivity contribution in [1.82, 2.24) is 5.32 Å². The van der Waals surface area contributed by atoms with Crippen LogP contribution >= 0.6 is 0 Å². The topological polar surface area (TPSA) is 79.5 Å². The van der Waals surface area contributed by atoms with Gasteiger partial charge in [-0.3, -0.25) is 4.79 Å². The number of nitrogens with one attached hydrogen (secondary N) is 3. The molecule has 3 N–H and O–H groups in total. The maximum Gasteiger partial charge on any atom is 0.319 e. The van der Waals surface area contributed by atoms with Gasteiger partial charge in [0.2, 0.25) is 5.91 Å². The second kappa shape index (κ2) is 6.91. The first kappa shape index (κ1) is 14.3. The summed E-state index contributed by atoms with van der Waals surface area (Å²) in [6.07, 6.45) is 2.17. The quantitative estimate of drug-likeness (QED) is 0.787. The van der Waals surface area contributed by atoms with Crippen LogP contribution in [-0.2, 0) is 9.53 Å². The van der Waals surface area contributed by atoms with Crippen molar-refractivity contribution < 1.29 is 14.3 Å². The summed E-state index contributed by atoms with van der Waals surface area (Å²) in [6.45, 7) is 2.75. The molecule has 1 atom stereocenters. The molecule has 1 unspecified atom stereocenters. The number of carbonyl (C=O) groups is 2. The lowest BCUT2D eigenvalue weighted by molar-refractivity contribution is -0.114. The van der Waals surface area contributed by atoms with E-state index in [0.29, 0.717) is 17.9 Å². The summed E-state index contributed by atoms with van der Waals surface area (Å²) in [4.78, 5) is 22.6. The minimum Gasteiger partial charge on any atom is -0.376 e. The molecule has 6 nitrogen and oxygen atoms in total. The lowest BCUT2D eigenvalue weighted by Crippen LogP contribution is -2.35. The Kier molecular flexibility index (Phi) is 4.95. The molecule has 1 aliphatic rings. The van der Waals surface area contributed by atoms with E-state index in [1.165, 1.54) is 6.92 Å². The van der Waals surface area contributed by atoms with Crippen LogP contribution in [0, 0.1) is 0 Å². The van der Waals surface area contributed by atoms with E-state index in [2.05, 4.69) is 16.0 Å². The number of rotatable bonds is 4. The van der Waals surface area contributed by atoms with E-state index < -0.39 is 0 Å². The first-order chi connectivity index (χ1) is 9.63. The zero-order chi connectivity index (χ0) is 14.4. The van der Waals surface area contributed by atoms with Crippen LogP contribution in [-0.4, -0.2) is 31.2 Å². The Labute approximate surface area is 117 Å². The number of benzene rings is 1. The first-order valence-corrected chi connectivity index (χ1v) is 6.67. The SMILES string of the molecule is CC(=O)Nc1ccc(NC(=O)NCC2CCCO2)cc1. The van der Waals surface area contributed by atoms with Gasteiger partial charge < -0.3 is 20.7 Å². The van der Waals surface area contributed by atoms with Crippen LogP contribution < -0.4 is 16.0 Å². The largest absolute Gasteiger partial charge is 0.376 e. The molecule has 2 rings (SSSR count). The number of ether oxygens (including phenoxy) is 1. The van der Waals surface area contributed by atoms with Gasteiger partial charge in [-0.25, -0.2) is 4.79 Å². The van der Waals surface area contributed by atoms with Gasteiger partial charge in [0.05, 0.1) is 6.10 Å². The Bertz CT molecular complexity index is 467. The third-order valence-electron chi connectivity index (χ3n) is 2.98. The summed E-state index contributed by atoms with van der Waals surface area (Å²) in [5.41, 5.74) is 1.37. The highest BCUT2D eigenvalue weighted by atomic mass is 16.5. The Balaban J connectivity index is 1.76. The van der Waals surface area contributed by atoms with Crippen LogP contribution in [0.3, 0.4) is 0 Å². The van der Waals surface area contributed by atoms with E-state index in [1.54, 1.807) is 24.3 Å². The van der Waals surface area contributed by atoms with Gasteiger partial charge in [-0.05, 0) is 37.1 Å². The van der Waals surface area contributed by atoms with Gasteiger partial charge in [0.25, 0.3) is 0 Å². The minimum atomic E-state index is -0.257. The minimum absolute atomic E-state index is 0.125. The van der Waals surface area contributed by atoms with Crippen molar-refractivity contribution >= 4 is 23.3 Å². The molecule has 0 saturated carbocycles. The van der Waals surface area contributed by atoms with E-state index in [0.717, 1.165) is 19.4 Å². The van der Waals surface area contributed by atoms with Crippen LogP contribution in [0.1, 0.15) is 19.8 Å². The van der Waals surface area contributed by atoms with Crippen LogP contribution in [0.25, 0.3) is 0 Å². The Morgan fingerprint density at radius 1 is 1.20 bits per heavy atom. The summed E-state index contributed by atoms with van der Waals surface area (Å²) in [5, 5.41) is 8.17. The lowest BCUT2D eigenvalue weighted by Gasteiger charge is -2.12. The number of anilines is 2. The van der Waals surface area contributed by atoms with Gasteiger partial charge in [-0.15, -0.1) is 0 Å². The van der Waals surface area contributed by atoms with Crippen LogP contribution in [0.15, 0.2) is 24.3 Å². The average Bonchev–Trinajstić information content (AvgIpc) is 2.91. The van der Waals surface area contributed by atoms with Crippen molar-refractivity contribution in [1.29, 1.82) is 0 Å². The van der Waals surface area contributed by atoms with Gasteiger partial charge in [-0.2, -0.15) is 0 Å². The molecular formula is C14H19N3O3. The van der Waals surface area contributed by atoms with E-state index in [-0.39, 0.29) is 18.0 Å². The average molecular weight is 277 g/mol. The summed E-state index contributed by atoms with van der Waals surface area (Å²) in [7, 11) is 0. The molecule has 0 bridgehead atoms. The van der Waals surface area contributed by atoms with Crippen molar-refractivity contribution in [2.24, 2.45) is 0 Å². The number of urea groups is 1. The zero-order valence-electron chi connectivity index (χ0n) is 11.4. The predicted octanol–water partition coefficient (Wildman–Crippen LogP) is 1.95. The third-order valence-corrected chi connectivity index (χ3v) is 2.98.